The average Bonchev–Trinajstić information content (AvgIpc) is 2.84. The van der Waals surface area contributed by atoms with Crippen molar-refractivity contribution in [2.45, 2.75) is 20.3 Å². The maximum absolute atomic E-state index is 11.7. The first-order chi connectivity index (χ1) is 8.56. The van der Waals surface area contributed by atoms with Crippen LogP contribution in [-0.2, 0) is 9.53 Å². The number of anilines is 1. The van der Waals surface area contributed by atoms with Crippen LogP contribution in [0.15, 0.2) is 0 Å². The highest BCUT2D eigenvalue weighted by molar-refractivity contribution is 7.15. The van der Waals surface area contributed by atoms with Gasteiger partial charge in [0.05, 0.1) is 12.2 Å². The molecule has 6 nitrogen and oxygen atoms in total. The number of aryl methyl sites for hydroxylation is 2. The van der Waals surface area contributed by atoms with Crippen LogP contribution < -0.4 is 5.32 Å². The van der Waals surface area contributed by atoms with Crippen molar-refractivity contribution in [1.82, 2.24) is 9.88 Å². The molecular formula is C11H15N3O3S. The Morgan fingerprint density at radius 1 is 1.56 bits per heavy atom. The number of cyclic esters (lactones) is 1. The van der Waals surface area contributed by atoms with Crippen LogP contribution in [0.25, 0.3) is 0 Å². The van der Waals surface area contributed by atoms with Gasteiger partial charge in [0.15, 0.2) is 5.13 Å². The second-order valence-electron chi connectivity index (χ2n) is 4.06. The predicted octanol–water partition coefficient (Wildman–Crippen LogP) is 1.54. The highest BCUT2D eigenvalue weighted by Gasteiger charge is 2.22. The number of thiazole rings is 1. The van der Waals surface area contributed by atoms with Gasteiger partial charge in [-0.3, -0.25) is 4.79 Å². The smallest absolute Gasteiger partial charge is 0.409 e. The van der Waals surface area contributed by atoms with Gasteiger partial charge < -0.3 is 15.0 Å². The van der Waals surface area contributed by atoms with Gasteiger partial charge in [0, 0.05) is 17.8 Å². The Balaban J connectivity index is 1.80. The molecule has 0 spiro atoms. The van der Waals surface area contributed by atoms with E-state index in [-0.39, 0.29) is 18.4 Å². The van der Waals surface area contributed by atoms with Gasteiger partial charge >= 0.3 is 6.09 Å². The van der Waals surface area contributed by atoms with Crippen molar-refractivity contribution in [3.63, 3.8) is 0 Å². The van der Waals surface area contributed by atoms with Crippen LogP contribution in [-0.4, -0.2) is 41.6 Å². The van der Waals surface area contributed by atoms with Crippen LogP contribution in [0.2, 0.25) is 0 Å². The molecule has 1 aromatic rings. The van der Waals surface area contributed by atoms with Crippen molar-refractivity contribution in [2.24, 2.45) is 0 Å². The number of aromatic nitrogens is 1. The van der Waals surface area contributed by atoms with Crippen LogP contribution >= 0.6 is 11.3 Å². The van der Waals surface area contributed by atoms with Crippen LogP contribution in [0.3, 0.4) is 0 Å². The minimum Gasteiger partial charge on any atom is -0.448 e. The summed E-state index contributed by atoms with van der Waals surface area (Å²) >= 11 is 1.45. The van der Waals surface area contributed by atoms with E-state index in [2.05, 4.69) is 10.3 Å². The summed E-state index contributed by atoms with van der Waals surface area (Å²) in [5.41, 5.74) is 0.929. The van der Waals surface area contributed by atoms with Crippen LogP contribution in [0, 0.1) is 13.8 Å². The highest BCUT2D eigenvalue weighted by atomic mass is 32.1. The lowest BCUT2D eigenvalue weighted by Gasteiger charge is -2.11. The lowest BCUT2D eigenvalue weighted by molar-refractivity contribution is -0.116. The molecule has 0 atom stereocenters. The van der Waals surface area contributed by atoms with Crippen molar-refractivity contribution in [2.75, 3.05) is 25.0 Å². The lowest BCUT2D eigenvalue weighted by atomic mass is 10.4. The first-order valence-electron chi connectivity index (χ1n) is 5.72. The number of rotatable bonds is 4. The van der Waals surface area contributed by atoms with Crippen molar-refractivity contribution in [3.8, 4) is 0 Å². The molecule has 2 heterocycles. The standard InChI is InChI=1S/C11H15N3O3S/c1-7-8(2)18-10(12-7)13-9(15)3-4-14-5-6-17-11(14)16/h3-6H2,1-2H3,(H,12,13,15). The maximum atomic E-state index is 11.7. The number of nitrogens with one attached hydrogen (secondary N) is 1. The summed E-state index contributed by atoms with van der Waals surface area (Å²) in [6, 6.07) is 0. The molecule has 7 heteroatoms. The molecule has 0 aromatic carbocycles. The number of carbonyl (C=O) groups is 2. The molecule has 1 aromatic heterocycles. The third kappa shape index (κ3) is 2.98. The first-order valence-corrected chi connectivity index (χ1v) is 6.53. The summed E-state index contributed by atoms with van der Waals surface area (Å²) in [7, 11) is 0. The molecule has 1 N–H and O–H groups in total. The van der Waals surface area contributed by atoms with Gasteiger partial charge in [0.1, 0.15) is 6.61 Å². The van der Waals surface area contributed by atoms with E-state index in [1.54, 1.807) is 0 Å². The number of hydrogen-bond acceptors (Lipinski definition) is 5. The monoisotopic (exact) mass is 269 g/mol. The van der Waals surface area contributed by atoms with E-state index < -0.39 is 0 Å². The SMILES string of the molecule is Cc1nc(NC(=O)CCN2CCOC2=O)sc1C. The fourth-order valence-corrected chi connectivity index (χ4v) is 2.40. The van der Waals surface area contributed by atoms with E-state index in [4.69, 9.17) is 4.74 Å². The second kappa shape index (κ2) is 5.34. The van der Waals surface area contributed by atoms with E-state index in [0.29, 0.717) is 24.8 Å². The summed E-state index contributed by atoms with van der Waals surface area (Å²) in [5.74, 6) is -0.136. The Bertz CT molecular complexity index is 453. The number of nitrogens with zero attached hydrogens (tertiary/aromatic N) is 2. The largest absolute Gasteiger partial charge is 0.448 e. The fourth-order valence-electron chi connectivity index (χ4n) is 1.57. The van der Waals surface area contributed by atoms with Crippen LogP contribution in [0.5, 0.6) is 0 Å². The van der Waals surface area contributed by atoms with Gasteiger partial charge in [-0.1, -0.05) is 0 Å². The van der Waals surface area contributed by atoms with E-state index in [1.165, 1.54) is 16.2 Å². The van der Waals surface area contributed by atoms with Crippen LogP contribution in [0.1, 0.15) is 17.0 Å². The Morgan fingerprint density at radius 2 is 2.33 bits per heavy atom. The summed E-state index contributed by atoms with van der Waals surface area (Å²) in [5, 5.41) is 3.34. The topological polar surface area (TPSA) is 71.5 Å². The molecule has 18 heavy (non-hydrogen) atoms. The van der Waals surface area contributed by atoms with Crippen molar-refractivity contribution in [1.29, 1.82) is 0 Å². The molecule has 0 aliphatic carbocycles. The third-order valence-corrected chi connectivity index (χ3v) is 3.72. The zero-order valence-corrected chi connectivity index (χ0v) is 11.2. The lowest BCUT2D eigenvalue weighted by Crippen LogP contribution is -2.28. The predicted molar refractivity (Wildman–Crippen MR) is 67.8 cm³/mol. The summed E-state index contributed by atoms with van der Waals surface area (Å²) in [6.07, 6.45) is -0.0870. The zero-order valence-electron chi connectivity index (χ0n) is 10.4. The maximum Gasteiger partial charge on any atom is 0.409 e. The van der Waals surface area contributed by atoms with E-state index in [0.717, 1.165) is 10.6 Å². The van der Waals surface area contributed by atoms with Gasteiger partial charge in [0.25, 0.3) is 0 Å². The molecule has 98 valence electrons. The minimum atomic E-state index is -0.344. The molecule has 2 amide bonds. The molecular weight excluding hydrogens is 254 g/mol. The number of ether oxygens (including phenoxy) is 1. The highest BCUT2D eigenvalue weighted by Crippen LogP contribution is 2.21. The quantitative estimate of drug-likeness (QED) is 0.900. The minimum absolute atomic E-state index is 0.136. The van der Waals surface area contributed by atoms with Crippen molar-refractivity contribution in [3.05, 3.63) is 10.6 Å². The number of hydrogen-bond donors (Lipinski definition) is 1. The fraction of sp³-hybridized carbons (Fsp3) is 0.545. The average molecular weight is 269 g/mol. The zero-order chi connectivity index (χ0) is 13.1. The Kier molecular flexibility index (Phi) is 3.81. The molecule has 0 bridgehead atoms. The number of carbonyl (C=O) groups excluding carboxylic acids is 2. The summed E-state index contributed by atoms with van der Waals surface area (Å²) in [6.45, 7) is 5.21. The molecule has 1 saturated heterocycles. The first kappa shape index (κ1) is 12.8. The summed E-state index contributed by atoms with van der Waals surface area (Å²) in [4.78, 5) is 29.7. The number of amides is 2. The molecule has 1 aliphatic rings. The molecule has 1 fully saturated rings. The van der Waals surface area contributed by atoms with Gasteiger partial charge in [-0.25, -0.2) is 9.78 Å². The van der Waals surface area contributed by atoms with Gasteiger partial charge in [-0.2, -0.15) is 0 Å². The second-order valence-corrected chi connectivity index (χ2v) is 5.26. The van der Waals surface area contributed by atoms with E-state index >= 15 is 0 Å². The van der Waals surface area contributed by atoms with E-state index in [9.17, 15) is 9.59 Å². The van der Waals surface area contributed by atoms with Crippen molar-refractivity contribution >= 4 is 28.5 Å². The Labute approximate surface area is 109 Å². The third-order valence-electron chi connectivity index (χ3n) is 2.73. The van der Waals surface area contributed by atoms with E-state index in [1.807, 2.05) is 13.8 Å². The molecule has 2 rings (SSSR count). The molecule has 0 saturated carbocycles. The normalized spacial score (nSPS) is 14.8. The van der Waals surface area contributed by atoms with Gasteiger partial charge in [-0.05, 0) is 13.8 Å². The van der Waals surface area contributed by atoms with Gasteiger partial charge in [-0.15, -0.1) is 11.3 Å². The molecule has 0 radical (unpaired) electrons. The summed E-state index contributed by atoms with van der Waals surface area (Å²) < 4.78 is 4.78. The van der Waals surface area contributed by atoms with Crippen LogP contribution in [0.4, 0.5) is 9.93 Å². The Hall–Kier alpha value is -1.63. The molecule has 1 aliphatic heterocycles. The van der Waals surface area contributed by atoms with Gasteiger partial charge in [0.2, 0.25) is 5.91 Å². The van der Waals surface area contributed by atoms with Crippen molar-refractivity contribution < 1.29 is 14.3 Å². The Morgan fingerprint density at radius 3 is 2.89 bits per heavy atom. The molecule has 0 unspecified atom stereocenters.